The Labute approximate surface area is 192 Å². The SMILES string of the molecule is ClCCCSNc1ccc(-c2ccnc(Nc3ccc(N4CCOCC4)cc3)n2)cc1. The number of aromatic nitrogens is 2. The number of ether oxygens (including phenoxy) is 1. The Balaban J connectivity index is 1.38. The second-order valence-corrected chi connectivity index (χ2v) is 8.39. The molecule has 0 spiro atoms. The average molecular weight is 456 g/mol. The molecule has 0 saturated carbocycles. The number of anilines is 4. The lowest BCUT2D eigenvalue weighted by molar-refractivity contribution is 0.122. The van der Waals surface area contributed by atoms with Crippen LogP contribution in [0.5, 0.6) is 0 Å². The molecule has 31 heavy (non-hydrogen) atoms. The molecule has 8 heteroatoms. The minimum absolute atomic E-state index is 0.579. The molecule has 0 radical (unpaired) electrons. The van der Waals surface area contributed by atoms with Gasteiger partial charge in [-0.3, -0.25) is 0 Å². The lowest BCUT2D eigenvalue weighted by Gasteiger charge is -2.28. The molecule has 0 unspecified atom stereocenters. The molecule has 0 bridgehead atoms. The highest BCUT2D eigenvalue weighted by atomic mass is 35.5. The lowest BCUT2D eigenvalue weighted by Crippen LogP contribution is -2.36. The Morgan fingerprint density at radius 3 is 2.45 bits per heavy atom. The fourth-order valence-corrected chi connectivity index (χ4v) is 4.24. The van der Waals surface area contributed by atoms with E-state index >= 15 is 0 Å². The fraction of sp³-hybridized carbons (Fsp3) is 0.304. The van der Waals surface area contributed by atoms with Crippen LogP contribution in [0.25, 0.3) is 11.3 Å². The van der Waals surface area contributed by atoms with E-state index in [1.807, 2.05) is 6.07 Å². The Bertz CT molecular complexity index is 949. The van der Waals surface area contributed by atoms with Gasteiger partial charge in [-0.2, -0.15) is 0 Å². The molecule has 2 N–H and O–H groups in total. The van der Waals surface area contributed by atoms with Crippen LogP contribution in [-0.2, 0) is 4.74 Å². The zero-order chi connectivity index (χ0) is 21.3. The van der Waals surface area contributed by atoms with Gasteiger partial charge in [-0.15, -0.1) is 11.6 Å². The summed E-state index contributed by atoms with van der Waals surface area (Å²) in [6.07, 6.45) is 2.77. The summed E-state index contributed by atoms with van der Waals surface area (Å²) in [5, 5.41) is 3.30. The summed E-state index contributed by atoms with van der Waals surface area (Å²) >= 11 is 7.38. The summed E-state index contributed by atoms with van der Waals surface area (Å²) in [6.45, 7) is 3.42. The number of morpholine rings is 1. The maximum atomic E-state index is 5.71. The number of nitrogens with zero attached hydrogens (tertiary/aromatic N) is 3. The quantitative estimate of drug-likeness (QED) is 0.254. The van der Waals surface area contributed by atoms with Gasteiger partial charge < -0.3 is 19.7 Å². The van der Waals surface area contributed by atoms with Gasteiger partial charge in [-0.25, -0.2) is 9.97 Å². The molecular formula is C23H26ClN5OS. The molecule has 0 amide bonds. The summed E-state index contributed by atoms with van der Waals surface area (Å²) in [4.78, 5) is 11.4. The molecule has 162 valence electrons. The molecule has 2 heterocycles. The summed E-state index contributed by atoms with van der Waals surface area (Å²) < 4.78 is 8.76. The molecule has 3 aromatic rings. The monoisotopic (exact) mass is 455 g/mol. The van der Waals surface area contributed by atoms with Gasteiger partial charge in [0.05, 0.1) is 18.9 Å². The highest BCUT2D eigenvalue weighted by Gasteiger charge is 2.11. The number of benzene rings is 2. The predicted molar refractivity (Wildman–Crippen MR) is 132 cm³/mol. The van der Waals surface area contributed by atoms with Crippen molar-refractivity contribution in [1.29, 1.82) is 0 Å². The zero-order valence-corrected chi connectivity index (χ0v) is 18.8. The van der Waals surface area contributed by atoms with E-state index in [-0.39, 0.29) is 0 Å². The van der Waals surface area contributed by atoms with Crippen LogP contribution in [-0.4, -0.2) is 47.9 Å². The first-order chi connectivity index (χ1) is 15.3. The molecule has 0 atom stereocenters. The summed E-state index contributed by atoms with van der Waals surface area (Å²) in [6, 6.07) is 18.5. The van der Waals surface area contributed by atoms with Gasteiger partial charge in [-0.05, 0) is 48.9 Å². The van der Waals surface area contributed by atoms with E-state index in [4.69, 9.17) is 16.3 Å². The molecular weight excluding hydrogens is 430 g/mol. The molecule has 2 aromatic carbocycles. The first-order valence-electron chi connectivity index (χ1n) is 10.4. The van der Waals surface area contributed by atoms with Crippen LogP contribution in [0.15, 0.2) is 60.8 Å². The summed E-state index contributed by atoms with van der Waals surface area (Å²) in [7, 11) is 0. The lowest BCUT2D eigenvalue weighted by atomic mass is 10.1. The first kappa shape index (κ1) is 21.7. The third-order valence-electron chi connectivity index (χ3n) is 4.91. The molecule has 0 aliphatic carbocycles. The van der Waals surface area contributed by atoms with Gasteiger partial charge in [0.1, 0.15) is 0 Å². The topological polar surface area (TPSA) is 62.3 Å². The fourth-order valence-electron chi connectivity index (χ4n) is 3.26. The van der Waals surface area contributed by atoms with Gasteiger partial charge in [0, 0.05) is 53.5 Å². The van der Waals surface area contributed by atoms with E-state index in [9.17, 15) is 0 Å². The number of hydrogen-bond donors (Lipinski definition) is 2. The average Bonchev–Trinajstić information content (AvgIpc) is 2.83. The van der Waals surface area contributed by atoms with E-state index < -0.39 is 0 Å². The van der Waals surface area contributed by atoms with Gasteiger partial charge in [-0.1, -0.05) is 24.1 Å². The molecule has 1 saturated heterocycles. The van der Waals surface area contributed by atoms with Gasteiger partial charge in [0.2, 0.25) is 5.95 Å². The van der Waals surface area contributed by atoms with Gasteiger partial charge in [0.25, 0.3) is 0 Å². The minimum Gasteiger partial charge on any atom is -0.378 e. The van der Waals surface area contributed by atoms with E-state index in [0.29, 0.717) is 11.8 Å². The summed E-state index contributed by atoms with van der Waals surface area (Å²) in [5.74, 6) is 2.26. The molecule has 4 rings (SSSR count). The van der Waals surface area contributed by atoms with Crippen molar-refractivity contribution in [3.05, 3.63) is 60.8 Å². The number of halogens is 1. The van der Waals surface area contributed by atoms with Crippen LogP contribution >= 0.6 is 23.5 Å². The van der Waals surface area contributed by atoms with Crippen LogP contribution in [0.2, 0.25) is 0 Å². The highest BCUT2D eigenvalue weighted by molar-refractivity contribution is 8.00. The summed E-state index contributed by atoms with van der Waals surface area (Å²) in [5.41, 5.74) is 5.16. The molecule has 1 aliphatic heterocycles. The smallest absolute Gasteiger partial charge is 0.227 e. The van der Waals surface area contributed by atoms with Crippen molar-refractivity contribution in [2.75, 3.05) is 52.9 Å². The number of alkyl halides is 1. The molecule has 1 aliphatic rings. The Morgan fingerprint density at radius 2 is 1.71 bits per heavy atom. The Hall–Kier alpha value is -2.48. The number of hydrogen-bond acceptors (Lipinski definition) is 7. The van der Waals surface area contributed by atoms with Crippen LogP contribution in [0.3, 0.4) is 0 Å². The van der Waals surface area contributed by atoms with E-state index in [2.05, 4.69) is 73.4 Å². The van der Waals surface area contributed by atoms with Gasteiger partial charge in [0.15, 0.2) is 0 Å². The van der Waals surface area contributed by atoms with Crippen molar-refractivity contribution in [1.82, 2.24) is 9.97 Å². The van der Waals surface area contributed by atoms with Crippen molar-refractivity contribution < 1.29 is 4.74 Å². The minimum atomic E-state index is 0.579. The second-order valence-electron chi connectivity index (χ2n) is 7.11. The third kappa shape index (κ3) is 6.26. The maximum Gasteiger partial charge on any atom is 0.227 e. The highest BCUT2D eigenvalue weighted by Crippen LogP contribution is 2.24. The van der Waals surface area contributed by atoms with Crippen molar-refractivity contribution in [2.45, 2.75) is 6.42 Å². The Kier molecular flexibility index (Phi) is 7.87. The zero-order valence-electron chi connectivity index (χ0n) is 17.3. The standard InChI is InChI=1S/C23H26ClN5OS/c24-11-1-17-31-28-20-4-2-18(3-5-20)22-10-12-25-23(27-22)26-19-6-8-21(9-7-19)29-13-15-30-16-14-29/h2-10,12,28H,1,11,13-17H2,(H,25,26,27). The normalized spacial score (nSPS) is 13.8. The van der Waals surface area contributed by atoms with Crippen LogP contribution < -0.4 is 14.9 Å². The van der Waals surface area contributed by atoms with E-state index in [0.717, 1.165) is 61.1 Å². The van der Waals surface area contributed by atoms with Crippen molar-refractivity contribution in [3.63, 3.8) is 0 Å². The molecule has 1 aromatic heterocycles. The third-order valence-corrected chi connectivity index (χ3v) is 6.05. The largest absolute Gasteiger partial charge is 0.378 e. The van der Waals surface area contributed by atoms with Crippen molar-refractivity contribution in [2.24, 2.45) is 0 Å². The number of rotatable bonds is 9. The second kappa shape index (κ2) is 11.2. The predicted octanol–water partition coefficient (Wildman–Crippen LogP) is 5.41. The van der Waals surface area contributed by atoms with Crippen molar-refractivity contribution in [3.8, 4) is 11.3 Å². The van der Waals surface area contributed by atoms with Crippen LogP contribution in [0.4, 0.5) is 23.0 Å². The maximum absolute atomic E-state index is 5.71. The van der Waals surface area contributed by atoms with Crippen LogP contribution in [0, 0.1) is 0 Å². The van der Waals surface area contributed by atoms with Crippen molar-refractivity contribution >= 4 is 46.6 Å². The molecule has 1 fully saturated rings. The Morgan fingerprint density at radius 1 is 0.968 bits per heavy atom. The molecule has 6 nitrogen and oxygen atoms in total. The number of nitrogens with one attached hydrogen (secondary N) is 2. The first-order valence-corrected chi connectivity index (χ1v) is 11.9. The van der Waals surface area contributed by atoms with E-state index in [1.165, 1.54) is 5.69 Å². The van der Waals surface area contributed by atoms with E-state index in [1.54, 1.807) is 18.1 Å². The van der Waals surface area contributed by atoms with Gasteiger partial charge >= 0.3 is 0 Å². The van der Waals surface area contributed by atoms with Crippen LogP contribution in [0.1, 0.15) is 6.42 Å².